The third-order valence-corrected chi connectivity index (χ3v) is 2.59. The standard InChI is InChI=1S/C13H11FN2O4/c1-2-16-11(10(7-15-16)12(17)18)13(19)20-9-5-3-8(14)4-6-9/h3-7H,2H2,1H3,(H,17,18). The van der Waals surface area contributed by atoms with Crippen LogP contribution in [0.1, 0.15) is 27.8 Å². The Hall–Kier alpha value is -2.70. The van der Waals surface area contributed by atoms with Crippen LogP contribution >= 0.6 is 0 Å². The topological polar surface area (TPSA) is 81.4 Å². The second kappa shape index (κ2) is 5.52. The van der Waals surface area contributed by atoms with Crippen molar-refractivity contribution in [2.24, 2.45) is 0 Å². The van der Waals surface area contributed by atoms with Crippen LogP contribution in [0.3, 0.4) is 0 Å². The van der Waals surface area contributed by atoms with Gasteiger partial charge in [0.2, 0.25) is 0 Å². The van der Waals surface area contributed by atoms with Gasteiger partial charge in [-0.3, -0.25) is 4.68 Å². The molecule has 1 aromatic heterocycles. The molecule has 6 nitrogen and oxygen atoms in total. The lowest BCUT2D eigenvalue weighted by Crippen LogP contribution is -2.18. The van der Waals surface area contributed by atoms with E-state index in [1.165, 1.54) is 16.8 Å². The smallest absolute Gasteiger partial charge is 0.362 e. The van der Waals surface area contributed by atoms with E-state index in [1.807, 2.05) is 0 Å². The van der Waals surface area contributed by atoms with Gasteiger partial charge in [-0.2, -0.15) is 5.10 Å². The Labute approximate surface area is 113 Å². The summed E-state index contributed by atoms with van der Waals surface area (Å²) in [5.74, 6) is -2.46. The summed E-state index contributed by atoms with van der Waals surface area (Å²) >= 11 is 0. The predicted octanol–water partition coefficient (Wildman–Crippen LogP) is 1.96. The third-order valence-electron chi connectivity index (χ3n) is 2.59. The number of esters is 1. The van der Waals surface area contributed by atoms with Crippen molar-refractivity contribution in [1.82, 2.24) is 9.78 Å². The molecule has 104 valence electrons. The van der Waals surface area contributed by atoms with Gasteiger partial charge in [0.05, 0.1) is 6.20 Å². The molecule has 0 aliphatic rings. The quantitative estimate of drug-likeness (QED) is 0.683. The van der Waals surface area contributed by atoms with Gasteiger partial charge in [0.15, 0.2) is 5.69 Å². The maximum absolute atomic E-state index is 12.8. The molecule has 1 N–H and O–H groups in total. The zero-order valence-corrected chi connectivity index (χ0v) is 10.5. The number of carbonyl (C=O) groups excluding carboxylic acids is 1. The lowest BCUT2D eigenvalue weighted by molar-refractivity contribution is 0.0662. The Balaban J connectivity index is 2.31. The first-order valence-corrected chi connectivity index (χ1v) is 5.79. The summed E-state index contributed by atoms with van der Waals surface area (Å²) in [4.78, 5) is 23.1. The molecule has 0 fully saturated rings. The van der Waals surface area contributed by atoms with Crippen LogP contribution in [-0.4, -0.2) is 26.8 Å². The zero-order valence-electron chi connectivity index (χ0n) is 10.5. The average molecular weight is 278 g/mol. The van der Waals surface area contributed by atoms with Crippen LogP contribution in [-0.2, 0) is 6.54 Å². The van der Waals surface area contributed by atoms with E-state index in [2.05, 4.69) is 5.10 Å². The highest BCUT2D eigenvalue weighted by molar-refractivity contribution is 6.01. The largest absolute Gasteiger partial charge is 0.478 e. The summed E-state index contributed by atoms with van der Waals surface area (Å²) in [7, 11) is 0. The van der Waals surface area contributed by atoms with Gasteiger partial charge in [-0.25, -0.2) is 14.0 Å². The Morgan fingerprint density at radius 2 is 2.00 bits per heavy atom. The number of hydrogen-bond acceptors (Lipinski definition) is 4. The fourth-order valence-corrected chi connectivity index (χ4v) is 1.65. The van der Waals surface area contributed by atoms with Crippen molar-refractivity contribution >= 4 is 11.9 Å². The summed E-state index contributed by atoms with van der Waals surface area (Å²) in [6, 6.07) is 4.83. The Morgan fingerprint density at radius 1 is 1.35 bits per heavy atom. The third kappa shape index (κ3) is 2.66. The minimum Gasteiger partial charge on any atom is -0.478 e. The Bertz CT molecular complexity index is 649. The number of nitrogens with zero attached hydrogens (tertiary/aromatic N) is 2. The van der Waals surface area contributed by atoms with Crippen molar-refractivity contribution in [1.29, 1.82) is 0 Å². The summed E-state index contributed by atoms with van der Waals surface area (Å²) < 4.78 is 19.0. The molecule has 0 amide bonds. The van der Waals surface area contributed by atoms with Crippen LogP contribution in [0.2, 0.25) is 0 Å². The normalized spacial score (nSPS) is 10.3. The second-order valence-corrected chi connectivity index (χ2v) is 3.87. The number of benzene rings is 1. The number of carbonyl (C=O) groups is 2. The average Bonchev–Trinajstić information content (AvgIpc) is 2.85. The Morgan fingerprint density at radius 3 is 2.55 bits per heavy atom. The van der Waals surface area contributed by atoms with Crippen LogP contribution in [0.4, 0.5) is 4.39 Å². The van der Waals surface area contributed by atoms with Gasteiger partial charge in [-0.15, -0.1) is 0 Å². The highest BCUT2D eigenvalue weighted by atomic mass is 19.1. The van der Waals surface area contributed by atoms with Crippen molar-refractivity contribution in [2.75, 3.05) is 0 Å². The summed E-state index contributed by atoms with van der Waals surface area (Å²) in [5, 5.41) is 12.8. The summed E-state index contributed by atoms with van der Waals surface area (Å²) in [5.41, 5.74) is -0.386. The van der Waals surface area contributed by atoms with E-state index in [0.29, 0.717) is 6.54 Å². The summed E-state index contributed by atoms with van der Waals surface area (Å²) in [6.45, 7) is 2.04. The zero-order chi connectivity index (χ0) is 14.7. The highest BCUT2D eigenvalue weighted by Gasteiger charge is 2.24. The molecule has 0 saturated carbocycles. The maximum atomic E-state index is 12.8. The number of aromatic carboxylic acids is 1. The fraction of sp³-hybridized carbons (Fsp3) is 0.154. The number of aromatic nitrogens is 2. The summed E-state index contributed by atoms with van der Waals surface area (Å²) in [6.07, 6.45) is 1.09. The minimum absolute atomic E-state index is 0.122. The van der Waals surface area contributed by atoms with Gasteiger partial charge in [-0.05, 0) is 31.2 Å². The molecule has 0 aliphatic heterocycles. The molecular formula is C13H11FN2O4. The first-order valence-electron chi connectivity index (χ1n) is 5.79. The molecule has 0 aliphatic carbocycles. The minimum atomic E-state index is -1.27. The highest BCUT2D eigenvalue weighted by Crippen LogP contribution is 2.16. The maximum Gasteiger partial charge on any atom is 0.362 e. The van der Waals surface area contributed by atoms with E-state index in [9.17, 15) is 14.0 Å². The molecule has 2 rings (SSSR count). The number of hydrogen-bond donors (Lipinski definition) is 1. The number of aryl methyl sites for hydroxylation is 1. The first kappa shape index (κ1) is 13.7. The van der Waals surface area contributed by atoms with E-state index < -0.39 is 17.8 Å². The number of halogens is 1. The molecule has 20 heavy (non-hydrogen) atoms. The predicted molar refractivity (Wildman–Crippen MR) is 66.2 cm³/mol. The molecule has 2 aromatic rings. The van der Waals surface area contributed by atoms with Gasteiger partial charge in [0.1, 0.15) is 17.1 Å². The van der Waals surface area contributed by atoms with Gasteiger partial charge in [-0.1, -0.05) is 0 Å². The molecule has 0 unspecified atom stereocenters. The Kier molecular flexibility index (Phi) is 3.79. The van der Waals surface area contributed by atoms with E-state index in [1.54, 1.807) is 6.92 Å². The van der Waals surface area contributed by atoms with Gasteiger partial charge >= 0.3 is 11.9 Å². The van der Waals surface area contributed by atoms with E-state index >= 15 is 0 Å². The SMILES string of the molecule is CCn1ncc(C(=O)O)c1C(=O)Oc1ccc(F)cc1. The molecule has 0 bridgehead atoms. The van der Waals surface area contributed by atoms with Crippen molar-refractivity contribution in [2.45, 2.75) is 13.5 Å². The lowest BCUT2D eigenvalue weighted by Gasteiger charge is -2.06. The van der Waals surface area contributed by atoms with Crippen molar-refractivity contribution in [3.63, 3.8) is 0 Å². The molecule has 0 saturated heterocycles. The molecule has 1 heterocycles. The lowest BCUT2D eigenvalue weighted by atomic mass is 10.2. The van der Waals surface area contributed by atoms with Crippen LogP contribution < -0.4 is 4.74 Å². The van der Waals surface area contributed by atoms with Crippen molar-refractivity contribution in [3.8, 4) is 5.75 Å². The molecule has 1 aromatic carbocycles. The number of carboxylic acid groups (broad SMARTS) is 1. The second-order valence-electron chi connectivity index (χ2n) is 3.87. The molecule has 0 atom stereocenters. The van der Waals surface area contributed by atoms with Gasteiger partial charge in [0.25, 0.3) is 0 Å². The monoisotopic (exact) mass is 278 g/mol. The van der Waals surface area contributed by atoms with E-state index in [-0.39, 0.29) is 17.0 Å². The molecule has 0 radical (unpaired) electrons. The van der Waals surface area contributed by atoms with Gasteiger partial charge < -0.3 is 9.84 Å². The number of rotatable bonds is 4. The van der Waals surface area contributed by atoms with E-state index in [4.69, 9.17) is 9.84 Å². The van der Waals surface area contributed by atoms with Crippen LogP contribution in [0.15, 0.2) is 30.5 Å². The number of carboxylic acids is 1. The number of ether oxygens (including phenoxy) is 1. The van der Waals surface area contributed by atoms with Crippen LogP contribution in [0.25, 0.3) is 0 Å². The van der Waals surface area contributed by atoms with Crippen LogP contribution in [0.5, 0.6) is 5.75 Å². The first-order chi connectivity index (χ1) is 9.52. The fourth-order valence-electron chi connectivity index (χ4n) is 1.65. The van der Waals surface area contributed by atoms with Crippen molar-refractivity contribution < 1.29 is 23.8 Å². The van der Waals surface area contributed by atoms with E-state index in [0.717, 1.165) is 18.3 Å². The van der Waals surface area contributed by atoms with Crippen molar-refractivity contribution in [3.05, 3.63) is 47.5 Å². The molecular weight excluding hydrogens is 267 g/mol. The molecule has 7 heteroatoms. The molecule has 0 spiro atoms. The van der Waals surface area contributed by atoms with Gasteiger partial charge in [0, 0.05) is 6.54 Å². The van der Waals surface area contributed by atoms with Crippen LogP contribution in [0, 0.1) is 5.82 Å².